The van der Waals surface area contributed by atoms with Crippen molar-refractivity contribution >= 4 is 17.7 Å². The molecule has 0 saturated heterocycles. The summed E-state index contributed by atoms with van der Waals surface area (Å²) in [6, 6.07) is 10.1. The molecule has 3 rings (SSSR count). The van der Waals surface area contributed by atoms with Gasteiger partial charge in [-0.05, 0) is 48.7 Å². The minimum absolute atomic E-state index is 0.155. The number of rotatable bonds is 5. The van der Waals surface area contributed by atoms with Crippen LogP contribution in [-0.4, -0.2) is 36.9 Å². The van der Waals surface area contributed by atoms with E-state index in [1.54, 1.807) is 4.68 Å². The maximum Gasteiger partial charge on any atom is 0.234 e. The number of aromatic nitrogens is 4. The molecule has 1 aliphatic rings. The summed E-state index contributed by atoms with van der Waals surface area (Å²) in [6.07, 6.45) is 4.50. The molecule has 136 valence electrons. The van der Waals surface area contributed by atoms with E-state index in [1.165, 1.54) is 11.8 Å². The molecule has 0 aliphatic heterocycles. The van der Waals surface area contributed by atoms with Gasteiger partial charge in [-0.25, -0.2) is 0 Å². The zero-order chi connectivity index (χ0) is 18.6. The average molecular weight is 370 g/mol. The van der Waals surface area contributed by atoms with Crippen LogP contribution in [0, 0.1) is 18.3 Å². The summed E-state index contributed by atoms with van der Waals surface area (Å²) < 4.78 is 1.64. The molecule has 1 aliphatic carbocycles. The number of nitriles is 1. The second-order valence-electron chi connectivity index (χ2n) is 6.66. The third kappa shape index (κ3) is 3.88. The Hall–Kier alpha value is -2.40. The van der Waals surface area contributed by atoms with E-state index in [0.29, 0.717) is 18.0 Å². The number of carbonyl (C=O) groups excluding carboxylic acids is 1. The molecule has 1 amide bonds. The summed E-state index contributed by atoms with van der Waals surface area (Å²) >= 11 is 1.29. The van der Waals surface area contributed by atoms with E-state index < -0.39 is 10.8 Å². The van der Waals surface area contributed by atoms with E-state index in [1.807, 2.05) is 38.1 Å². The molecule has 26 heavy (non-hydrogen) atoms. The van der Waals surface area contributed by atoms with E-state index in [2.05, 4.69) is 26.9 Å². The van der Waals surface area contributed by atoms with Gasteiger partial charge in [-0.1, -0.05) is 49.2 Å². The van der Waals surface area contributed by atoms with Crippen molar-refractivity contribution < 1.29 is 4.79 Å². The molecule has 1 aromatic carbocycles. The van der Waals surface area contributed by atoms with Crippen LogP contribution in [0.3, 0.4) is 0 Å². The largest absolute Gasteiger partial charge is 0.337 e. The van der Waals surface area contributed by atoms with Crippen molar-refractivity contribution in [1.82, 2.24) is 25.5 Å². The highest BCUT2D eigenvalue weighted by molar-refractivity contribution is 8.00. The molecule has 0 radical (unpaired) electrons. The lowest BCUT2D eigenvalue weighted by molar-refractivity contribution is -0.121. The van der Waals surface area contributed by atoms with Crippen LogP contribution in [0.15, 0.2) is 29.4 Å². The van der Waals surface area contributed by atoms with Crippen molar-refractivity contribution in [3.63, 3.8) is 0 Å². The van der Waals surface area contributed by atoms with Gasteiger partial charge in [0.1, 0.15) is 5.54 Å². The molecule has 0 spiro atoms. The van der Waals surface area contributed by atoms with Crippen molar-refractivity contribution in [2.45, 2.75) is 61.9 Å². The monoisotopic (exact) mass is 370 g/mol. The molecule has 1 unspecified atom stereocenters. The van der Waals surface area contributed by atoms with E-state index in [0.717, 1.165) is 30.5 Å². The second-order valence-corrected chi connectivity index (χ2v) is 7.97. The van der Waals surface area contributed by atoms with Gasteiger partial charge in [-0.15, -0.1) is 5.10 Å². The Bertz CT molecular complexity index is 821. The lowest BCUT2D eigenvalue weighted by atomic mass is 9.83. The van der Waals surface area contributed by atoms with Crippen LogP contribution >= 0.6 is 11.8 Å². The van der Waals surface area contributed by atoms with Gasteiger partial charge in [0.15, 0.2) is 0 Å². The normalized spacial score (nSPS) is 17.3. The quantitative estimate of drug-likeness (QED) is 0.813. The van der Waals surface area contributed by atoms with E-state index in [4.69, 9.17) is 0 Å². The van der Waals surface area contributed by atoms with Crippen molar-refractivity contribution in [3.05, 3.63) is 29.8 Å². The minimum Gasteiger partial charge on any atom is -0.337 e. The van der Waals surface area contributed by atoms with Crippen molar-refractivity contribution in [3.8, 4) is 11.8 Å². The molecule has 1 aromatic heterocycles. The summed E-state index contributed by atoms with van der Waals surface area (Å²) in [5.74, 6) is -0.155. The van der Waals surface area contributed by atoms with Crippen LogP contribution in [0.25, 0.3) is 5.69 Å². The summed E-state index contributed by atoms with van der Waals surface area (Å²) in [7, 11) is 0. The third-order valence-corrected chi connectivity index (χ3v) is 5.75. The van der Waals surface area contributed by atoms with E-state index in [9.17, 15) is 10.1 Å². The zero-order valence-corrected chi connectivity index (χ0v) is 15.8. The molecule has 2 aromatic rings. The fourth-order valence-corrected chi connectivity index (χ4v) is 3.97. The maximum atomic E-state index is 12.7. The number of carbonyl (C=O) groups is 1. The molecule has 8 heteroatoms. The number of thioether (sulfide) groups is 1. The van der Waals surface area contributed by atoms with Crippen molar-refractivity contribution in [1.29, 1.82) is 5.26 Å². The van der Waals surface area contributed by atoms with Gasteiger partial charge in [0.25, 0.3) is 0 Å². The smallest absolute Gasteiger partial charge is 0.234 e. The Kier molecular flexibility index (Phi) is 5.57. The highest BCUT2D eigenvalue weighted by Gasteiger charge is 2.35. The molecular weight excluding hydrogens is 348 g/mol. The summed E-state index contributed by atoms with van der Waals surface area (Å²) in [5, 5.41) is 24.5. The van der Waals surface area contributed by atoms with Gasteiger partial charge in [0.2, 0.25) is 11.1 Å². The van der Waals surface area contributed by atoms with Crippen LogP contribution in [-0.2, 0) is 4.79 Å². The molecule has 1 atom stereocenters. The third-order valence-electron chi connectivity index (χ3n) is 4.72. The number of nitrogens with one attached hydrogen (secondary N) is 1. The topological polar surface area (TPSA) is 96.5 Å². The lowest BCUT2D eigenvalue weighted by Crippen LogP contribution is -2.51. The molecule has 1 N–H and O–H groups in total. The first-order chi connectivity index (χ1) is 12.5. The summed E-state index contributed by atoms with van der Waals surface area (Å²) in [4.78, 5) is 12.7. The molecule has 7 nitrogen and oxygen atoms in total. The predicted molar refractivity (Wildman–Crippen MR) is 98.8 cm³/mol. The molecule has 1 saturated carbocycles. The molecule has 1 fully saturated rings. The Morgan fingerprint density at radius 3 is 2.77 bits per heavy atom. The van der Waals surface area contributed by atoms with Crippen LogP contribution in [0.4, 0.5) is 0 Å². The number of hydrogen-bond donors (Lipinski definition) is 1. The van der Waals surface area contributed by atoms with Gasteiger partial charge in [-0.2, -0.15) is 9.94 Å². The highest BCUT2D eigenvalue weighted by Crippen LogP contribution is 2.29. The number of hydrogen-bond acceptors (Lipinski definition) is 6. The second kappa shape index (κ2) is 7.87. The summed E-state index contributed by atoms with van der Waals surface area (Å²) in [5.41, 5.74) is 1.20. The van der Waals surface area contributed by atoms with Crippen LogP contribution < -0.4 is 5.32 Å². The van der Waals surface area contributed by atoms with E-state index >= 15 is 0 Å². The predicted octanol–water partition coefficient (Wildman–Crippen LogP) is 2.79. The first-order valence-electron chi connectivity index (χ1n) is 8.79. The Labute approximate surface area is 157 Å². The van der Waals surface area contributed by atoms with E-state index in [-0.39, 0.29) is 5.91 Å². The van der Waals surface area contributed by atoms with Gasteiger partial charge < -0.3 is 5.32 Å². The average Bonchev–Trinajstić information content (AvgIpc) is 3.10. The van der Waals surface area contributed by atoms with Gasteiger partial charge in [-0.3, -0.25) is 4.79 Å². The van der Waals surface area contributed by atoms with Crippen LogP contribution in [0.1, 0.15) is 44.6 Å². The standard InChI is InChI=1S/C18H22N6OS/c1-13-8-4-5-9-15(13)24-17(21-22-23-24)26-14(2)16(25)20-18(12-19)10-6-3-7-11-18/h4-5,8-9,14H,3,6-7,10-11H2,1-2H3,(H,20,25). The molecular formula is C18H22N6OS. The maximum absolute atomic E-state index is 12.7. The molecule has 1 heterocycles. The van der Waals surface area contributed by atoms with Gasteiger partial charge in [0, 0.05) is 0 Å². The van der Waals surface area contributed by atoms with Crippen LogP contribution in [0.2, 0.25) is 0 Å². The Balaban J connectivity index is 1.72. The fourth-order valence-electron chi connectivity index (χ4n) is 3.17. The number of aryl methyl sites for hydroxylation is 1. The number of benzene rings is 1. The number of para-hydroxylation sites is 1. The minimum atomic E-state index is -0.730. The Morgan fingerprint density at radius 2 is 2.08 bits per heavy atom. The fraction of sp³-hybridized carbons (Fsp3) is 0.500. The zero-order valence-electron chi connectivity index (χ0n) is 15.0. The number of tetrazole rings is 1. The first kappa shape index (κ1) is 18.4. The number of amides is 1. The Morgan fingerprint density at radius 1 is 1.35 bits per heavy atom. The van der Waals surface area contributed by atoms with Crippen molar-refractivity contribution in [2.24, 2.45) is 0 Å². The molecule has 0 bridgehead atoms. The van der Waals surface area contributed by atoms with Crippen molar-refractivity contribution in [2.75, 3.05) is 0 Å². The van der Waals surface area contributed by atoms with Crippen LogP contribution in [0.5, 0.6) is 0 Å². The van der Waals surface area contributed by atoms with Gasteiger partial charge >= 0.3 is 0 Å². The SMILES string of the molecule is Cc1ccccc1-n1nnnc1SC(C)C(=O)NC1(C#N)CCCCC1. The highest BCUT2D eigenvalue weighted by atomic mass is 32.2. The van der Waals surface area contributed by atoms with Gasteiger partial charge in [0.05, 0.1) is 17.0 Å². The summed E-state index contributed by atoms with van der Waals surface area (Å²) in [6.45, 7) is 3.80. The first-order valence-corrected chi connectivity index (χ1v) is 9.67. The number of nitrogens with zero attached hydrogens (tertiary/aromatic N) is 5. The lowest BCUT2D eigenvalue weighted by Gasteiger charge is -2.32.